The molecule has 15 heavy (non-hydrogen) atoms. The highest BCUT2D eigenvalue weighted by Gasteiger charge is 2.34. The average Bonchev–Trinajstić information content (AvgIpc) is 2.27. The zero-order chi connectivity index (χ0) is 11.3. The first-order chi connectivity index (χ1) is 7.09. The van der Waals surface area contributed by atoms with E-state index in [1.54, 1.807) is 0 Å². The Morgan fingerprint density at radius 3 is 2.47 bits per heavy atom. The normalized spacial score (nSPS) is 21.6. The van der Waals surface area contributed by atoms with Crippen molar-refractivity contribution in [1.29, 1.82) is 0 Å². The molecule has 0 spiro atoms. The summed E-state index contributed by atoms with van der Waals surface area (Å²) in [4.78, 5) is 2.34. The minimum absolute atomic E-state index is 0.112. The maximum atomic E-state index is 10.2. The van der Waals surface area contributed by atoms with Crippen molar-refractivity contribution in [3.63, 3.8) is 0 Å². The predicted molar refractivity (Wildman–Crippen MR) is 62.0 cm³/mol. The molecule has 0 saturated carbocycles. The highest BCUT2D eigenvalue weighted by Crippen LogP contribution is 2.23. The number of hydrogen-bond donors (Lipinski definition) is 1. The Morgan fingerprint density at radius 2 is 1.93 bits per heavy atom. The second-order valence-corrected chi connectivity index (χ2v) is 4.91. The van der Waals surface area contributed by atoms with Crippen LogP contribution in [0.3, 0.4) is 0 Å². The number of nitrogens with zero attached hydrogens (tertiary/aromatic N) is 1. The largest absolute Gasteiger partial charge is 0.391 e. The minimum Gasteiger partial charge on any atom is -0.391 e. The third-order valence-electron chi connectivity index (χ3n) is 3.47. The Morgan fingerprint density at radius 1 is 1.33 bits per heavy atom. The molecule has 0 aromatic heterocycles. The van der Waals surface area contributed by atoms with Gasteiger partial charge >= 0.3 is 0 Å². The van der Waals surface area contributed by atoms with Gasteiger partial charge in [0.2, 0.25) is 0 Å². The van der Waals surface area contributed by atoms with Crippen molar-refractivity contribution in [3.8, 4) is 0 Å². The standard InChI is InChI=1S/C12H25NO2/c1-4-5-6-11(14)12(2,3)13-7-9-15-10-8-13/h11,14H,4-10H2,1-3H3. The Hall–Kier alpha value is -0.120. The van der Waals surface area contributed by atoms with E-state index in [1.807, 2.05) is 0 Å². The zero-order valence-electron chi connectivity index (χ0n) is 10.3. The van der Waals surface area contributed by atoms with E-state index in [9.17, 15) is 5.11 Å². The highest BCUT2D eigenvalue weighted by atomic mass is 16.5. The first-order valence-corrected chi connectivity index (χ1v) is 6.10. The summed E-state index contributed by atoms with van der Waals surface area (Å²) in [5.41, 5.74) is -0.112. The summed E-state index contributed by atoms with van der Waals surface area (Å²) < 4.78 is 5.33. The highest BCUT2D eigenvalue weighted by molar-refractivity contribution is 4.89. The van der Waals surface area contributed by atoms with Crippen molar-refractivity contribution in [1.82, 2.24) is 4.90 Å². The lowest BCUT2D eigenvalue weighted by Crippen LogP contribution is -2.56. The minimum atomic E-state index is -0.226. The van der Waals surface area contributed by atoms with Crippen LogP contribution in [0, 0.1) is 0 Å². The van der Waals surface area contributed by atoms with Crippen LogP contribution >= 0.6 is 0 Å². The van der Waals surface area contributed by atoms with E-state index >= 15 is 0 Å². The molecule has 0 aromatic rings. The average molecular weight is 215 g/mol. The lowest BCUT2D eigenvalue weighted by atomic mass is 9.91. The first-order valence-electron chi connectivity index (χ1n) is 6.10. The summed E-state index contributed by atoms with van der Waals surface area (Å²) in [5, 5.41) is 10.2. The third-order valence-corrected chi connectivity index (χ3v) is 3.47. The molecule has 1 saturated heterocycles. The number of hydrogen-bond acceptors (Lipinski definition) is 3. The van der Waals surface area contributed by atoms with Gasteiger partial charge in [-0.3, -0.25) is 4.90 Å². The first kappa shape index (κ1) is 12.9. The second-order valence-electron chi connectivity index (χ2n) is 4.91. The van der Waals surface area contributed by atoms with Gasteiger partial charge in [0.1, 0.15) is 0 Å². The molecular weight excluding hydrogens is 190 g/mol. The molecule has 1 unspecified atom stereocenters. The van der Waals surface area contributed by atoms with Crippen molar-refractivity contribution in [3.05, 3.63) is 0 Å². The van der Waals surface area contributed by atoms with Gasteiger partial charge in [0.15, 0.2) is 0 Å². The van der Waals surface area contributed by atoms with Gasteiger partial charge in [-0.2, -0.15) is 0 Å². The number of morpholine rings is 1. The number of rotatable bonds is 5. The molecule has 1 N–H and O–H groups in total. The van der Waals surface area contributed by atoms with Gasteiger partial charge in [0, 0.05) is 18.6 Å². The lowest BCUT2D eigenvalue weighted by molar-refractivity contribution is -0.0642. The van der Waals surface area contributed by atoms with Crippen LogP contribution in [0.4, 0.5) is 0 Å². The van der Waals surface area contributed by atoms with Crippen molar-refractivity contribution in [2.75, 3.05) is 26.3 Å². The van der Waals surface area contributed by atoms with Gasteiger partial charge in [-0.15, -0.1) is 0 Å². The van der Waals surface area contributed by atoms with Crippen LogP contribution in [0.2, 0.25) is 0 Å². The lowest BCUT2D eigenvalue weighted by Gasteiger charge is -2.43. The van der Waals surface area contributed by atoms with Gasteiger partial charge in [-0.1, -0.05) is 19.8 Å². The van der Waals surface area contributed by atoms with E-state index < -0.39 is 0 Å². The molecule has 0 radical (unpaired) electrons. The molecular formula is C12H25NO2. The van der Waals surface area contributed by atoms with Crippen LogP contribution in [0.5, 0.6) is 0 Å². The quantitative estimate of drug-likeness (QED) is 0.757. The summed E-state index contributed by atoms with van der Waals surface area (Å²) in [6, 6.07) is 0. The molecule has 1 atom stereocenters. The van der Waals surface area contributed by atoms with Crippen LogP contribution in [-0.4, -0.2) is 48.0 Å². The van der Waals surface area contributed by atoms with Gasteiger partial charge in [0.05, 0.1) is 19.3 Å². The van der Waals surface area contributed by atoms with E-state index in [4.69, 9.17) is 4.74 Å². The van der Waals surface area contributed by atoms with Crippen LogP contribution in [-0.2, 0) is 4.74 Å². The Bertz CT molecular complexity index is 176. The molecule has 1 aliphatic heterocycles. The van der Waals surface area contributed by atoms with Crippen LogP contribution in [0.1, 0.15) is 40.0 Å². The number of aliphatic hydroxyl groups excluding tert-OH is 1. The maximum absolute atomic E-state index is 10.2. The summed E-state index contributed by atoms with van der Waals surface area (Å²) in [6.07, 6.45) is 2.93. The van der Waals surface area contributed by atoms with Gasteiger partial charge < -0.3 is 9.84 Å². The second kappa shape index (κ2) is 5.83. The molecule has 3 nitrogen and oxygen atoms in total. The van der Waals surface area contributed by atoms with Crippen LogP contribution < -0.4 is 0 Å². The number of aliphatic hydroxyl groups is 1. The van der Waals surface area contributed by atoms with Crippen molar-refractivity contribution >= 4 is 0 Å². The summed E-state index contributed by atoms with van der Waals surface area (Å²) in [5.74, 6) is 0. The molecule has 0 amide bonds. The molecule has 0 aromatic carbocycles. The predicted octanol–water partition coefficient (Wildman–Crippen LogP) is 1.65. The number of unbranched alkanes of at least 4 members (excludes halogenated alkanes) is 1. The molecule has 1 heterocycles. The van der Waals surface area contributed by atoms with Gasteiger partial charge in [-0.05, 0) is 20.3 Å². The fourth-order valence-electron chi connectivity index (χ4n) is 2.10. The number of ether oxygens (including phenoxy) is 1. The molecule has 0 bridgehead atoms. The fourth-order valence-corrected chi connectivity index (χ4v) is 2.10. The van der Waals surface area contributed by atoms with E-state index in [1.165, 1.54) is 0 Å². The van der Waals surface area contributed by atoms with Gasteiger partial charge in [-0.25, -0.2) is 0 Å². The summed E-state index contributed by atoms with van der Waals surface area (Å²) in [7, 11) is 0. The third kappa shape index (κ3) is 3.44. The molecule has 1 aliphatic rings. The molecule has 0 aliphatic carbocycles. The van der Waals surface area contributed by atoms with E-state index in [0.29, 0.717) is 0 Å². The zero-order valence-corrected chi connectivity index (χ0v) is 10.3. The smallest absolute Gasteiger partial charge is 0.0718 e. The van der Waals surface area contributed by atoms with Gasteiger partial charge in [0.25, 0.3) is 0 Å². The monoisotopic (exact) mass is 215 g/mol. The molecule has 1 rings (SSSR count). The summed E-state index contributed by atoms with van der Waals surface area (Å²) in [6.45, 7) is 9.91. The molecule has 1 fully saturated rings. The van der Waals surface area contributed by atoms with Crippen molar-refractivity contribution in [2.24, 2.45) is 0 Å². The van der Waals surface area contributed by atoms with E-state index in [0.717, 1.165) is 45.6 Å². The molecule has 90 valence electrons. The Balaban J connectivity index is 2.46. The van der Waals surface area contributed by atoms with E-state index in [-0.39, 0.29) is 11.6 Å². The van der Waals surface area contributed by atoms with Crippen LogP contribution in [0.15, 0.2) is 0 Å². The Kier molecular flexibility index (Phi) is 5.03. The Labute approximate surface area is 93.4 Å². The summed E-state index contributed by atoms with van der Waals surface area (Å²) >= 11 is 0. The molecule has 3 heteroatoms. The maximum Gasteiger partial charge on any atom is 0.0718 e. The SMILES string of the molecule is CCCCC(O)C(C)(C)N1CCOCC1. The van der Waals surface area contributed by atoms with Crippen LogP contribution in [0.25, 0.3) is 0 Å². The van der Waals surface area contributed by atoms with Crippen molar-refractivity contribution < 1.29 is 9.84 Å². The topological polar surface area (TPSA) is 32.7 Å². The van der Waals surface area contributed by atoms with E-state index in [2.05, 4.69) is 25.7 Å². The van der Waals surface area contributed by atoms with Crippen molar-refractivity contribution in [2.45, 2.75) is 51.7 Å². The fraction of sp³-hybridized carbons (Fsp3) is 1.00.